The lowest BCUT2D eigenvalue weighted by Crippen LogP contribution is -2.32. The highest BCUT2D eigenvalue weighted by molar-refractivity contribution is 6.52. The molecule has 0 aromatic heterocycles. The average Bonchev–Trinajstić information content (AvgIpc) is 2.38. The molecule has 0 saturated carbocycles. The van der Waals surface area contributed by atoms with Crippen LogP contribution in [0.5, 0.6) is 0 Å². The largest absolute Gasteiger partial charge is 0.461 e. The van der Waals surface area contributed by atoms with Gasteiger partial charge in [0.05, 0.1) is 0 Å². The van der Waals surface area contributed by atoms with Crippen molar-refractivity contribution in [3.8, 4) is 0 Å². The van der Waals surface area contributed by atoms with Crippen LogP contribution in [0.2, 0.25) is 0 Å². The number of Topliss-reactive ketones (excluding diaryl/α,β-unsaturated/α-hetero) is 2. The van der Waals surface area contributed by atoms with Crippen molar-refractivity contribution in [3.05, 3.63) is 53.3 Å². The van der Waals surface area contributed by atoms with E-state index in [1.807, 2.05) is 19.9 Å². The quantitative estimate of drug-likeness (QED) is 0.668. The van der Waals surface area contributed by atoms with Gasteiger partial charge in [0.1, 0.15) is 11.5 Å². The van der Waals surface area contributed by atoms with Crippen LogP contribution < -0.4 is 0 Å². The minimum absolute atomic E-state index is 0.332. The molecule has 0 spiro atoms. The Bertz CT molecular complexity index is 662. The number of hydrogen-bond acceptors (Lipinski definition) is 3. The van der Waals surface area contributed by atoms with E-state index in [2.05, 4.69) is 6.58 Å². The van der Waals surface area contributed by atoms with Crippen LogP contribution in [0, 0.1) is 5.41 Å². The molecule has 1 aromatic carbocycles. The van der Waals surface area contributed by atoms with Gasteiger partial charge in [0, 0.05) is 22.1 Å². The molecule has 1 heterocycles. The molecule has 2 aliphatic rings. The van der Waals surface area contributed by atoms with Crippen molar-refractivity contribution < 1.29 is 14.3 Å². The second kappa shape index (κ2) is 3.67. The first-order chi connectivity index (χ1) is 8.92. The van der Waals surface area contributed by atoms with E-state index in [1.54, 1.807) is 18.2 Å². The van der Waals surface area contributed by atoms with Gasteiger partial charge in [-0.15, -0.1) is 0 Å². The van der Waals surface area contributed by atoms with E-state index in [0.717, 1.165) is 0 Å². The molecule has 0 saturated heterocycles. The fourth-order valence-electron chi connectivity index (χ4n) is 2.48. The molecule has 0 unspecified atom stereocenters. The van der Waals surface area contributed by atoms with Crippen LogP contribution in [-0.4, -0.2) is 11.6 Å². The molecule has 0 amide bonds. The zero-order valence-corrected chi connectivity index (χ0v) is 10.9. The van der Waals surface area contributed by atoms with E-state index < -0.39 is 11.6 Å². The topological polar surface area (TPSA) is 43.4 Å². The Morgan fingerprint density at radius 1 is 1.11 bits per heavy atom. The summed E-state index contributed by atoms with van der Waals surface area (Å²) in [7, 11) is 0. The van der Waals surface area contributed by atoms with Gasteiger partial charge in [-0.3, -0.25) is 9.59 Å². The molecular weight excluding hydrogens is 240 g/mol. The molecule has 1 aromatic rings. The van der Waals surface area contributed by atoms with E-state index >= 15 is 0 Å². The van der Waals surface area contributed by atoms with Crippen molar-refractivity contribution in [2.45, 2.75) is 20.3 Å². The van der Waals surface area contributed by atoms with E-state index in [1.165, 1.54) is 0 Å². The molecule has 0 fully saturated rings. The summed E-state index contributed by atoms with van der Waals surface area (Å²) in [5, 5.41) is 0. The smallest absolute Gasteiger partial charge is 0.234 e. The first-order valence-corrected chi connectivity index (χ1v) is 6.20. The predicted molar refractivity (Wildman–Crippen MR) is 71.3 cm³/mol. The minimum Gasteiger partial charge on any atom is -0.461 e. The zero-order valence-electron chi connectivity index (χ0n) is 10.9. The maximum atomic E-state index is 12.2. The molecule has 0 atom stereocenters. The molecule has 0 bridgehead atoms. The lowest BCUT2D eigenvalue weighted by Gasteiger charge is -2.36. The summed E-state index contributed by atoms with van der Waals surface area (Å²) in [6.45, 7) is 7.83. The van der Waals surface area contributed by atoms with Crippen LogP contribution in [0.4, 0.5) is 0 Å². The van der Waals surface area contributed by atoms with Crippen LogP contribution in [0.25, 0.3) is 5.76 Å². The van der Waals surface area contributed by atoms with Gasteiger partial charge in [0.25, 0.3) is 0 Å². The van der Waals surface area contributed by atoms with Gasteiger partial charge in [-0.1, -0.05) is 44.7 Å². The number of benzene rings is 1. The number of carbonyl (C=O) groups is 2. The SMILES string of the molecule is C=C1OC2=C(CC1(C)C)C(=O)C(=O)c1ccccc12. The van der Waals surface area contributed by atoms with Crippen molar-refractivity contribution in [2.24, 2.45) is 5.41 Å². The maximum absolute atomic E-state index is 12.2. The number of carbonyl (C=O) groups excluding carboxylic acids is 2. The first-order valence-electron chi connectivity index (χ1n) is 6.20. The lowest BCUT2D eigenvalue weighted by atomic mass is 9.76. The van der Waals surface area contributed by atoms with Crippen molar-refractivity contribution >= 4 is 17.3 Å². The molecule has 3 rings (SSSR count). The van der Waals surface area contributed by atoms with Crippen LogP contribution in [0.3, 0.4) is 0 Å². The van der Waals surface area contributed by atoms with Crippen LogP contribution in [0.1, 0.15) is 36.2 Å². The Balaban J connectivity index is 2.25. The van der Waals surface area contributed by atoms with Crippen LogP contribution in [0.15, 0.2) is 42.2 Å². The third-order valence-corrected chi connectivity index (χ3v) is 3.77. The Hall–Kier alpha value is -2.16. The summed E-state index contributed by atoms with van der Waals surface area (Å²) < 4.78 is 5.76. The van der Waals surface area contributed by atoms with Gasteiger partial charge in [-0.25, -0.2) is 0 Å². The lowest BCUT2D eigenvalue weighted by molar-refractivity contribution is -0.112. The Morgan fingerprint density at radius 3 is 2.42 bits per heavy atom. The number of allylic oxidation sites excluding steroid dienone is 2. The van der Waals surface area contributed by atoms with Gasteiger partial charge < -0.3 is 4.74 Å². The van der Waals surface area contributed by atoms with E-state index in [4.69, 9.17) is 4.74 Å². The highest BCUT2D eigenvalue weighted by Crippen LogP contribution is 2.46. The number of ketones is 2. The molecular formula is C16H14O3. The highest BCUT2D eigenvalue weighted by Gasteiger charge is 2.41. The van der Waals surface area contributed by atoms with Crippen molar-refractivity contribution in [1.29, 1.82) is 0 Å². The van der Waals surface area contributed by atoms with Crippen molar-refractivity contribution in [3.63, 3.8) is 0 Å². The van der Waals surface area contributed by atoms with Gasteiger partial charge in [-0.2, -0.15) is 0 Å². The molecule has 3 heteroatoms. The molecule has 96 valence electrons. The summed E-state index contributed by atoms with van der Waals surface area (Å²) in [6, 6.07) is 7.04. The van der Waals surface area contributed by atoms with Gasteiger partial charge in [0.15, 0.2) is 0 Å². The fraction of sp³-hybridized carbons (Fsp3) is 0.250. The van der Waals surface area contributed by atoms with Crippen LogP contribution in [-0.2, 0) is 9.53 Å². The number of ether oxygens (including phenoxy) is 1. The van der Waals surface area contributed by atoms with E-state index in [-0.39, 0.29) is 5.41 Å². The summed E-state index contributed by atoms with van der Waals surface area (Å²) in [4.78, 5) is 24.3. The third-order valence-electron chi connectivity index (χ3n) is 3.77. The molecule has 3 nitrogen and oxygen atoms in total. The Labute approximate surface area is 111 Å². The average molecular weight is 254 g/mol. The van der Waals surface area contributed by atoms with E-state index in [0.29, 0.717) is 34.6 Å². The van der Waals surface area contributed by atoms with E-state index in [9.17, 15) is 9.59 Å². The number of hydrogen-bond donors (Lipinski definition) is 0. The third kappa shape index (κ3) is 1.58. The van der Waals surface area contributed by atoms with Gasteiger partial charge >= 0.3 is 0 Å². The summed E-state index contributed by atoms with van der Waals surface area (Å²) >= 11 is 0. The second-order valence-electron chi connectivity index (χ2n) is 5.60. The summed E-state index contributed by atoms with van der Waals surface area (Å²) in [5.74, 6) is 0.239. The van der Waals surface area contributed by atoms with Crippen molar-refractivity contribution in [2.75, 3.05) is 0 Å². The molecule has 1 aliphatic heterocycles. The van der Waals surface area contributed by atoms with Crippen molar-refractivity contribution in [1.82, 2.24) is 0 Å². The summed E-state index contributed by atoms with van der Waals surface area (Å²) in [6.07, 6.45) is 0.486. The van der Waals surface area contributed by atoms with Gasteiger partial charge in [-0.05, 0) is 6.42 Å². The zero-order chi connectivity index (χ0) is 13.8. The number of rotatable bonds is 0. The Morgan fingerprint density at radius 2 is 1.74 bits per heavy atom. The minimum atomic E-state index is -0.450. The maximum Gasteiger partial charge on any atom is 0.234 e. The molecule has 1 aliphatic carbocycles. The predicted octanol–water partition coefficient (Wildman–Crippen LogP) is 3.12. The fourth-order valence-corrected chi connectivity index (χ4v) is 2.48. The Kier molecular flexibility index (Phi) is 2.30. The second-order valence-corrected chi connectivity index (χ2v) is 5.60. The van der Waals surface area contributed by atoms with Crippen LogP contribution >= 0.6 is 0 Å². The number of fused-ring (bicyclic) bond motifs is 2. The summed E-state index contributed by atoms with van der Waals surface area (Å²) in [5.41, 5.74) is 1.25. The normalized spacial score (nSPS) is 20.8. The molecule has 0 radical (unpaired) electrons. The highest BCUT2D eigenvalue weighted by atomic mass is 16.5. The molecule has 19 heavy (non-hydrogen) atoms. The molecule has 0 N–H and O–H groups in total. The van der Waals surface area contributed by atoms with Gasteiger partial charge in [0.2, 0.25) is 11.6 Å². The standard InChI is InChI=1S/C16H14O3/c1-9-16(2,3)8-12-14(18)13(17)10-6-4-5-7-11(10)15(12)19-9/h4-7H,1,8H2,2-3H3. The first kappa shape index (κ1) is 11.9. The monoisotopic (exact) mass is 254 g/mol.